The predicted octanol–water partition coefficient (Wildman–Crippen LogP) is 3.90. The van der Waals surface area contributed by atoms with Crippen molar-refractivity contribution in [1.29, 1.82) is 0 Å². The Hall–Kier alpha value is -2.05. The fourth-order valence-electron chi connectivity index (χ4n) is 1.86. The van der Waals surface area contributed by atoms with E-state index >= 15 is 0 Å². The molecule has 2 aromatic rings. The first-order chi connectivity index (χ1) is 10.5. The molecular weight excluding hydrogens is 324 g/mol. The van der Waals surface area contributed by atoms with Crippen LogP contribution >= 0.6 is 23.4 Å². The monoisotopic (exact) mass is 336 g/mol. The maximum atomic E-state index is 11.6. The topological polar surface area (TPSA) is 72.2 Å². The van der Waals surface area contributed by atoms with E-state index in [0.717, 1.165) is 5.56 Å². The van der Waals surface area contributed by atoms with Crippen LogP contribution in [0.2, 0.25) is 5.02 Å². The Morgan fingerprint density at radius 1 is 1.32 bits per heavy atom. The molecule has 0 aliphatic heterocycles. The summed E-state index contributed by atoms with van der Waals surface area (Å²) < 4.78 is 0. The van der Waals surface area contributed by atoms with Crippen molar-refractivity contribution in [3.8, 4) is 0 Å². The first kappa shape index (κ1) is 16.3. The summed E-state index contributed by atoms with van der Waals surface area (Å²) in [7, 11) is 1.48. The molecule has 2 rings (SSSR count). The van der Waals surface area contributed by atoms with Gasteiger partial charge in [0.25, 0.3) is 11.6 Å². The third kappa shape index (κ3) is 3.99. The number of carbonyl (C=O) groups excluding carboxylic acids is 1. The Morgan fingerprint density at radius 3 is 2.73 bits per heavy atom. The zero-order chi connectivity index (χ0) is 16.1. The molecule has 0 saturated heterocycles. The minimum atomic E-state index is -0.479. The fourth-order valence-corrected chi connectivity index (χ4v) is 3.02. The molecule has 22 heavy (non-hydrogen) atoms. The van der Waals surface area contributed by atoms with Gasteiger partial charge >= 0.3 is 0 Å². The summed E-state index contributed by atoms with van der Waals surface area (Å²) >= 11 is 7.25. The van der Waals surface area contributed by atoms with Gasteiger partial charge in [0.15, 0.2) is 0 Å². The Kier molecular flexibility index (Phi) is 5.41. The highest BCUT2D eigenvalue weighted by molar-refractivity contribution is 7.98. The molecule has 1 amide bonds. The summed E-state index contributed by atoms with van der Waals surface area (Å²) in [4.78, 5) is 22.8. The van der Waals surface area contributed by atoms with E-state index in [1.807, 2.05) is 18.2 Å². The van der Waals surface area contributed by atoms with Gasteiger partial charge in [0.05, 0.1) is 9.82 Å². The largest absolute Gasteiger partial charge is 0.355 e. The second-order valence-electron chi connectivity index (χ2n) is 4.44. The number of nitrogens with zero attached hydrogens (tertiary/aromatic N) is 1. The van der Waals surface area contributed by atoms with Gasteiger partial charge in [-0.2, -0.15) is 0 Å². The van der Waals surface area contributed by atoms with E-state index in [1.165, 1.54) is 24.9 Å². The van der Waals surface area contributed by atoms with Crippen LogP contribution in [0.15, 0.2) is 47.4 Å². The number of hydrogen-bond acceptors (Lipinski definition) is 4. The minimum absolute atomic E-state index is 0.0758. The van der Waals surface area contributed by atoms with E-state index in [1.54, 1.807) is 18.2 Å². The predicted molar refractivity (Wildman–Crippen MR) is 87.5 cm³/mol. The zero-order valence-electron chi connectivity index (χ0n) is 11.7. The molecule has 0 radical (unpaired) electrons. The van der Waals surface area contributed by atoms with Crippen molar-refractivity contribution in [2.75, 3.05) is 7.05 Å². The number of halogens is 1. The Balaban J connectivity index is 2.23. The zero-order valence-corrected chi connectivity index (χ0v) is 13.3. The van der Waals surface area contributed by atoms with E-state index in [2.05, 4.69) is 5.32 Å². The third-order valence-corrected chi connectivity index (χ3v) is 4.30. The molecule has 0 saturated carbocycles. The summed E-state index contributed by atoms with van der Waals surface area (Å²) in [6, 6.07) is 11.8. The third-order valence-electron chi connectivity index (χ3n) is 2.93. The van der Waals surface area contributed by atoms with Crippen molar-refractivity contribution in [2.45, 2.75) is 10.6 Å². The number of nitro benzene ring substituents is 1. The van der Waals surface area contributed by atoms with Gasteiger partial charge in [-0.3, -0.25) is 14.9 Å². The summed E-state index contributed by atoms with van der Waals surface area (Å²) in [5.74, 6) is 0.204. The molecule has 1 N–H and O–H groups in total. The van der Waals surface area contributed by atoms with Gasteiger partial charge < -0.3 is 5.32 Å². The molecule has 0 aliphatic rings. The second-order valence-corrected chi connectivity index (χ2v) is 5.89. The van der Waals surface area contributed by atoms with E-state index in [-0.39, 0.29) is 17.2 Å². The van der Waals surface area contributed by atoms with Gasteiger partial charge in [-0.1, -0.05) is 23.7 Å². The van der Waals surface area contributed by atoms with Crippen LogP contribution in [0.25, 0.3) is 0 Å². The molecule has 0 aliphatic carbocycles. The Morgan fingerprint density at radius 2 is 2.09 bits per heavy atom. The van der Waals surface area contributed by atoms with Gasteiger partial charge in [-0.25, -0.2) is 0 Å². The number of thioether (sulfide) groups is 1. The van der Waals surface area contributed by atoms with Gasteiger partial charge in [0, 0.05) is 29.5 Å². The van der Waals surface area contributed by atoms with Gasteiger partial charge in [-0.15, -0.1) is 11.8 Å². The first-order valence-electron chi connectivity index (χ1n) is 6.39. The van der Waals surface area contributed by atoms with Crippen LogP contribution in [0.4, 0.5) is 5.69 Å². The highest BCUT2D eigenvalue weighted by Gasteiger charge is 2.17. The molecule has 7 heteroatoms. The van der Waals surface area contributed by atoms with E-state index in [9.17, 15) is 14.9 Å². The standard InChI is InChI=1S/C15H13ClN2O3S/c1-17-15(19)11-5-6-14(13(8-11)18(20)21)22-9-10-3-2-4-12(16)7-10/h2-8H,9H2,1H3,(H,17,19). The van der Waals surface area contributed by atoms with Gasteiger partial charge in [-0.05, 0) is 29.8 Å². The lowest BCUT2D eigenvalue weighted by atomic mass is 10.2. The summed E-state index contributed by atoms with van der Waals surface area (Å²) in [5.41, 5.74) is 1.16. The highest BCUT2D eigenvalue weighted by Crippen LogP contribution is 2.32. The average molecular weight is 337 g/mol. The average Bonchev–Trinajstić information content (AvgIpc) is 2.52. The van der Waals surface area contributed by atoms with Gasteiger partial charge in [0.2, 0.25) is 0 Å². The van der Waals surface area contributed by atoms with E-state index in [4.69, 9.17) is 11.6 Å². The van der Waals surface area contributed by atoms with Crippen molar-refractivity contribution in [3.05, 3.63) is 68.7 Å². The number of nitro groups is 1. The molecule has 2 aromatic carbocycles. The molecule has 0 atom stereocenters. The number of amides is 1. The minimum Gasteiger partial charge on any atom is -0.355 e. The Bertz CT molecular complexity index is 722. The van der Waals surface area contributed by atoms with Crippen molar-refractivity contribution < 1.29 is 9.72 Å². The number of hydrogen-bond donors (Lipinski definition) is 1. The SMILES string of the molecule is CNC(=O)c1ccc(SCc2cccc(Cl)c2)c([N+](=O)[O-])c1. The van der Waals surface area contributed by atoms with Crippen LogP contribution in [-0.4, -0.2) is 17.9 Å². The summed E-state index contributed by atoms with van der Waals surface area (Å²) in [6.45, 7) is 0. The smallest absolute Gasteiger partial charge is 0.283 e. The van der Waals surface area contributed by atoms with Crippen LogP contribution in [0, 0.1) is 10.1 Å². The number of benzene rings is 2. The fraction of sp³-hybridized carbons (Fsp3) is 0.133. The lowest BCUT2D eigenvalue weighted by Crippen LogP contribution is -2.17. The van der Waals surface area contributed by atoms with Crippen molar-refractivity contribution in [3.63, 3.8) is 0 Å². The summed E-state index contributed by atoms with van der Waals surface area (Å²) in [6.07, 6.45) is 0. The van der Waals surface area contributed by atoms with Gasteiger partial charge in [0.1, 0.15) is 0 Å². The lowest BCUT2D eigenvalue weighted by molar-refractivity contribution is -0.387. The normalized spacial score (nSPS) is 10.3. The van der Waals surface area contributed by atoms with Crippen molar-refractivity contribution in [2.24, 2.45) is 0 Å². The molecule has 0 aromatic heterocycles. The van der Waals surface area contributed by atoms with Crippen LogP contribution in [0.5, 0.6) is 0 Å². The van der Waals surface area contributed by atoms with Crippen LogP contribution < -0.4 is 5.32 Å². The quantitative estimate of drug-likeness (QED) is 0.510. The molecule has 0 unspecified atom stereocenters. The molecular formula is C15H13ClN2O3S. The Labute approximate surface area is 136 Å². The molecule has 114 valence electrons. The number of rotatable bonds is 5. The van der Waals surface area contributed by atoms with E-state index < -0.39 is 4.92 Å². The summed E-state index contributed by atoms with van der Waals surface area (Å²) in [5, 5.41) is 14.3. The molecule has 0 heterocycles. The number of nitrogens with one attached hydrogen (secondary N) is 1. The van der Waals surface area contributed by atoms with Crippen LogP contribution in [-0.2, 0) is 5.75 Å². The maximum absolute atomic E-state index is 11.6. The maximum Gasteiger partial charge on any atom is 0.283 e. The van der Waals surface area contributed by atoms with Crippen LogP contribution in [0.3, 0.4) is 0 Å². The highest BCUT2D eigenvalue weighted by atomic mass is 35.5. The molecule has 0 fully saturated rings. The molecule has 0 spiro atoms. The van der Waals surface area contributed by atoms with Crippen molar-refractivity contribution in [1.82, 2.24) is 5.32 Å². The molecule has 5 nitrogen and oxygen atoms in total. The van der Waals surface area contributed by atoms with Crippen molar-refractivity contribution >= 4 is 35.0 Å². The van der Waals surface area contributed by atoms with Crippen LogP contribution in [0.1, 0.15) is 15.9 Å². The second kappa shape index (κ2) is 7.29. The van der Waals surface area contributed by atoms with E-state index in [0.29, 0.717) is 15.7 Å². The first-order valence-corrected chi connectivity index (χ1v) is 7.75. The number of carbonyl (C=O) groups is 1. The lowest BCUT2D eigenvalue weighted by Gasteiger charge is -2.06. The molecule has 0 bridgehead atoms.